The summed E-state index contributed by atoms with van der Waals surface area (Å²) in [6.45, 7) is 4.04. The van der Waals surface area contributed by atoms with Crippen molar-refractivity contribution >= 4 is 11.6 Å². The van der Waals surface area contributed by atoms with Crippen molar-refractivity contribution in [2.75, 3.05) is 18.4 Å². The van der Waals surface area contributed by atoms with Crippen molar-refractivity contribution in [3.05, 3.63) is 24.0 Å². The van der Waals surface area contributed by atoms with Crippen LogP contribution in [-0.2, 0) is 4.79 Å². The Hall–Kier alpha value is -1.42. The zero-order chi connectivity index (χ0) is 12.1. The van der Waals surface area contributed by atoms with Gasteiger partial charge in [-0.05, 0) is 50.4 Å². The van der Waals surface area contributed by atoms with Crippen molar-refractivity contribution in [3.8, 4) is 0 Å². The molecule has 0 aliphatic carbocycles. The lowest BCUT2D eigenvalue weighted by molar-refractivity contribution is -0.117. The molecule has 17 heavy (non-hydrogen) atoms. The van der Waals surface area contributed by atoms with Gasteiger partial charge in [-0.2, -0.15) is 0 Å². The number of aryl methyl sites for hydroxylation is 1. The van der Waals surface area contributed by atoms with Crippen LogP contribution in [0.1, 0.15) is 24.8 Å². The molecule has 1 saturated heterocycles. The van der Waals surface area contributed by atoms with Crippen LogP contribution in [0.25, 0.3) is 0 Å². The van der Waals surface area contributed by atoms with Gasteiger partial charge < -0.3 is 10.6 Å². The average Bonchev–Trinajstić information content (AvgIpc) is 2.33. The molecule has 0 atom stereocenters. The van der Waals surface area contributed by atoms with Crippen molar-refractivity contribution in [2.24, 2.45) is 5.92 Å². The van der Waals surface area contributed by atoms with E-state index in [1.165, 1.54) is 0 Å². The summed E-state index contributed by atoms with van der Waals surface area (Å²) in [5.74, 6) is 0.626. The number of pyridine rings is 1. The van der Waals surface area contributed by atoms with E-state index in [4.69, 9.17) is 0 Å². The molecule has 0 unspecified atom stereocenters. The molecule has 1 aromatic heterocycles. The average molecular weight is 233 g/mol. The second-order valence-electron chi connectivity index (χ2n) is 4.64. The van der Waals surface area contributed by atoms with Crippen LogP contribution >= 0.6 is 0 Å². The highest BCUT2D eigenvalue weighted by molar-refractivity contribution is 5.91. The predicted octanol–water partition coefficient (Wildman–Crippen LogP) is 1.72. The minimum Gasteiger partial charge on any atom is -0.325 e. The monoisotopic (exact) mass is 233 g/mol. The fourth-order valence-corrected chi connectivity index (χ4v) is 2.14. The Balaban J connectivity index is 1.86. The number of carbonyl (C=O) groups is 1. The largest absolute Gasteiger partial charge is 0.325 e. The Morgan fingerprint density at radius 3 is 3.00 bits per heavy atom. The Morgan fingerprint density at radius 2 is 2.29 bits per heavy atom. The second-order valence-corrected chi connectivity index (χ2v) is 4.64. The molecule has 1 aliphatic heterocycles. The van der Waals surface area contributed by atoms with Gasteiger partial charge in [-0.15, -0.1) is 0 Å². The molecule has 0 bridgehead atoms. The molecule has 1 aliphatic rings. The first-order valence-corrected chi connectivity index (χ1v) is 6.17. The van der Waals surface area contributed by atoms with Crippen LogP contribution in [-0.4, -0.2) is 24.0 Å². The van der Waals surface area contributed by atoms with Crippen molar-refractivity contribution < 1.29 is 4.79 Å². The number of nitrogens with zero attached hydrogens (tertiary/aromatic N) is 1. The first-order valence-electron chi connectivity index (χ1n) is 6.17. The van der Waals surface area contributed by atoms with Crippen LogP contribution in [0.3, 0.4) is 0 Å². The normalized spacial score (nSPS) is 16.8. The Morgan fingerprint density at radius 1 is 1.53 bits per heavy atom. The van der Waals surface area contributed by atoms with Crippen LogP contribution < -0.4 is 10.6 Å². The Bertz CT molecular complexity index is 386. The number of carbonyl (C=O) groups excluding carboxylic acids is 1. The van der Waals surface area contributed by atoms with E-state index in [1.807, 2.05) is 13.0 Å². The van der Waals surface area contributed by atoms with Gasteiger partial charge in [0.2, 0.25) is 5.91 Å². The predicted molar refractivity (Wildman–Crippen MR) is 67.8 cm³/mol. The smallest absolute Gasteiger partial charge is 0.224 e. The van der Waals surface area contributed by atoms with E-state index in [2.05, 4.69) is 15.6 Å². The third-order valence-electron chi connectivity index (χ3n) is 3.25. The van der Waals surface area contributed by atoms with Gasteiger partial charge in [0.25, 0.3) is 0 Å². The van der Waals surface area contributed by atoms with Crippen LogP contribution in [0, 0.1) is 12.8 Å². The van der Waals surface area contributed by atoms with Gasteiger partial charge in [-0.1, -0.05) is 0 Å². The summed E-state index contributed by atoms with van der Waals surface area (Å²) in [5, 5.41) is 6.24. The van der Waals surface area contributed by atoms with Gasteiger partial charge in [-0.3, -0.25) is 9.78 Å². The van der Waals surface area contributed by atoms with Crippen LogP contribution in [0.4, 0.5) is 5.69 Å². The number of anilines is 1. The summed E-state index contributed by atoms with van der Waals surface area (Å²) in [5.41, 5.74) is 1.88. The lowest BCUT2D eigenvalue weighted by atomic mass is 9.94. The number of nitrogens with one attached hydrogen (secondary N) is 2. The highest BCUT2D eigenvalue weighted by atomic mass is 16.1. The van der Waals surface area contributed by atoms with Crippen LogP contribution in [0.15, 0.2) is 18.5 Å². The molecule has 1 amide bonds. The van der Waals surface area contributed by atoms with Gasteiger partial charge in [-0.25, -0.2) is 0 Å². The van der Waals surface area contributed by atoms with E-state index in [0.29, 0.717) is 12.3 Å². The molecule has 2 N–H and O–H groups in total. The van der Waals surface area contributed by atoms with Gasteiger partial charge in [0.1, 0.15) is 0 Å². The lowest BCUT2D eigenvalue weighted by Crippen LogP contribution is -2.30. The maximum absolute atomic E-state index is 11.9. The number of rotatable bonds is 3. The molecule has 4 heteroatoms. The standard InChI is InChI=1S/C13H19N3O/c1-10-2-5-15-9-12(10)16-13(17)8-11-3-6-14-7-4-11/h2,5,9,11,14H,3-4,6-8H2,1H3,(H,16,17). The van der Waals surface area contributed by atoms with Crippen molar-refractivity contribution in [1.29, 1.82) is 0 Å². The summed E-state index contributed by atoms with van der Waals surface area (Å²) in [6, 6.07) is 1.90. The number of amides is 1. The zero-order valence-electron chi connectivity index (χ0n) is 10.2. The molecule has 4 nitrogen and oxygen atoms in total. The van der Waals surface area contributed by atoms with Gasteiger partial charge in [0.05, 0.1) is 11.9 Å². The summed E-state index contributed by atoms with van der Waals surface area (Å²) >= 11 is 0. The molecule has 0 radical (unpaired) electrons. The molecular formula is C13H19N3O. The highest BCUT2D eigenvalue weighted by Crippen LogP contribution is 2.18. The number of hydrogen-bond donors (Lipinski definition) is 2. The summed E-state index contributed by atoms with van der Waals surface area (Å²) in [7, 11) is 0. The first-order chi connectivity index (χ1) is 8.25. The quantitative estimate of drug-likeness (QED) is 0.835. The highest BCUT2D eigenvalue weighted by Gasteiger charge is 2.17. The van der Waals surface area contributed by atoms with Gasteiger partial charge in [0, 0.05) is 12.6 Å². The van der Waals surface area contributed by atoms with Crippen molar-refractivity contribution in [2.45, 2.75) is 26.2 Å². The molecule has 0 saturated carbocycles. The molecule has 0 aromatic carbocycles. The Kier molecular flexibility index (Phi) is 4.09. The molecule has 2 heterocycles. The molecule has 1 fully saturated rings. The SMILES string of the molecule is Cc1ccncc1NC(=O)CC1CCNCC1. The fourth-order valence-electron chi connectivity index (χ4n) is 2.14. The van der Waals surface area contributed by atoms with Crippen molar-refractivity contribution in [1.82, 2.24) is 10.3 Å². The minimum atomic E-state index is 0.105. The van der Waals surface area contributed by atoms with Gasteiger partial charge in [0.15, 0.2) is 0 Å². The third kappa shape index (κ3) is 3.53. The molecule has 2 rings (SSSR count). The fraction of sp³-hybridized carbons (Fsp3) is 0.538. The summed E-state index contributed by atoms with van der Waals surface area (Å²) in [6.07, 6.45) is 6.25. The number of aromatic nitrogens is 1. The molecule has 0 spiro atoms. The third-order valence-corrected chi connectivity index (χ3v) is 3.25. The van der Waals surface area contributed by atoms with E-state index in [9.17, 15) is 4.79 Å². The van der Waals surface area contributed by atoms with E-state index in [-0.39, 0.29) is 5.91 Å². The lowest BCUT2D eigenvalue weighted by Gasteiger charge is -2.22. The maximum atomic E-state index is 11.9. The maximum Gasteiger partial charge on any atom is 0.224 e. The van der Waals surface area contributed by atoms with Crippen molar-refractivity contribution in [3.63, 3.8) is 0 Å². The summed E-state index contributed by atoms with van der Waals surface area (Å²) in [4.78, 5) is 15.9. The van der Waals surface area contributed by atoms with Crippen LogP contribution in [0.5, 0.6) is 0 Å². The van der Waals surface area contributed by atoms with Crippen LogP contribution in [0.2, 0.25) is 0 Å². The summed E-state index contributed by atoms with van der Waals surface area (Å²) < 4.78 is 0. The first kappa shape index (κ1) is 12.0. The topological polar surface area (TPSA) is 54.0 Å². The number of hydrogen-bond acceptors (Lipinski definition) is 3. The molecule has 92 valence electrons. The van der Waals surface area contributed by atoms with E-state index < -0.39 is 0 Å². The minimum absolute atomic E-state index is 0.105. The van der Waals surface area contributed by atoms with E-state index in [1.54, 1.807) is 12.4 Å². The number of piperidine rings is 1. The second kappa shape index (κ2) is 5.77. The Labute approximate surface area is 102 Å². The molecule has 1 aromatic rings. The van der Waals surface area contributed by atoms with E-state index >= 15 is 0 Å². The zero-order valence-corrected chi connectivity index (χ0v) is 10.2. The van der Waals surface area contributed by atoms with E-state index in [0.717, 1.165) is 37.2 Å². The van der Waals surface area contributed by atoms with Gasteiger partial charge >= 0.3 is 0 Å². The molecular weight excluding hydrogens is 214 g/mol.